The third-order valence-electron chi connectivity index (χ3n) is 5.56. The van der Waals surface area contributed by atoms with E-state index in [1.54, 1.807) is 6.07 Å². The SMILES string of the molecule is Cc1cccc(C(=O)NC(C(=O)N2CCCC(COc3ccccc3)C2)C(C)C)c1. The first-order chi connectivity index (χ1) is 14.4. The van der Waals surface area contributed by atoms with Crippen molar-refractivity contribution < 1.29 is 14.3 Å². The maximum absolute atomic E-state index is 13.3. The van der Waals surface area contributed by atoms with E-state index in [-0.39, 0.29) is 17.7 Å². The maximum atomic E-state index is 13.3. The highest BCUT2D eigenvalue weighted by molar-refractivity contribution is 5.97. The highest BCUT2D eigenvalue weighted by Crippen LogP contribution is 2.21. The molecule has 1 heterocycles. The van der Waals surface area contributed by atoms with Gasteiger partial charge in [0, 0.05) is 24.6 Å². The fraction of sp³-hybridized carbons (Fsp3) is 0.440. The van der Waals surface area contributed by atoms with E-state index in [1.165, 1.54) is 0 Å². The van der Waals surface area contributed by atoms with Gasteiger partial charge in [0.1, 0.15) is 11.8 Å². The lowest BCUT2D eigenvalue weighted by Gasteiger charge is -2.36. The zero-order valence-electron chi connectivity index (χ0n) is 18.1. The Bertz CT molecular complexity index is 850. The van der Waals surface area contributed by atoms with Crippen LogP contribution >= 0.6 is 0 Å². The summed E-state index contributed by atoms with van der Waals surface area (Å²) in [6.45, 7) is 7.88. The molecule has 1 aliphatic heterocycles. The van der Waals surface area contributed by atoms with Gasteiger partial charge in [0.05, 0.1) is 6.61 Å². The molecular formula is C25H32N2O3. The monoisotopic (exact) mass is 408 g/mol. The van der Waals surface area contributed by atoms with Gasteiger partial charge in [0.15, 0.2) is 0 Å². The third kappa shape index (κ3) is 5.85. The van der Waals surface area contributed by atoms with Gasteiger partial charge >= 0.3 is 0 Å². The highest BCUT2D eigenvalue weighted by atomic mass is 16.5. The maximum Gasteiger partial charge on any atom is 0.251 e. The fourth-order valence-electron chi connectivity index (χ4n) is 3.85. The van der Waals surface area contributed by atoms with Gasteiger partial charge in [0.25, 0.3) is 5.91 Å². The minimum Gasteiger partial charge on any atom is -0.493 e. The molecule has 30 heavy (non-hydrogen) atoms. The number of benzene rings is 2. The second-order valence-electron chi connectivity index (χ2n) is 8.48. The van der Waals surface area contributed by atoms with Gasteiger partial charge < -0.3 is 15.0 Å². The van der Waals surface area contributed by atoms with E-state index in [9.17, 15) is 9.59 Å². The second-order valence-corrected chi connectivity index (χ2v) is 8.48. The van der Waals surface area contributed by atoms with Crippen molar-refractivity contribution in [2.75, 3.05) is 19.7 Å². The molecule has 3 rings (SSSR count). The second kappa shape index (κ2) is 10.3. The Hall–Kier alpha value is -2.82. The Morgan fingerprint density at radius 2 is 1.90 bits per heavy atom. The first kappa shape index (κ1) is 21.9. The number of hydrogen-bond donors (Lipinski definition) is 1. The molecule has 5 heteroatoms. The summed E-state index contributed by atoms with van der Waals surface area (Å²) in [5, 5.41) is 2.97. The number of amides is 2. The van der Waals surface area contributed by atoms with Gasteiger partial charge in [-0.3, -0.25) is 9.59 Å². The molecule has 2 aromatic rings. The number of nitrogens with one attached hydrogen (secondary N) is 1. The van der Waals surface area contributed by atoms with Gasteiger partial charge in [0.2, 0.25) is 5.91 Å². The summed E-state index contributed by atoms with van der Waals surface area (Å²) in [7, 11) is 0. The molecule has 2 aromatic carbocycles. The van der Waals surface area contributed by atoms with Crippen molar-refractivity contribution in [2.24, 2.45) is 11.8 Å². The Morgan fingerprint density at radius 3 is 2.60 bits per heavy atom. The van der Waals surface area contributed by atoms with Gasteiger partial charge in [-0.15, -0.1) is 0 Å². The summed E-state index contributed by atoms with van der Waals surface area (Å²) in [5.41, 5.74) is 1.61. The summed E-state index contributed by atoms with van der Waals surface area (Å²) in [6, 6.07) is 16.7. The summed E-state index contributed by atoms with van der Waals surface area (Å²) in [5.74, 6) is 0.948. The minimum absolute atomic E-state index is 0.00425. The third-order valence-corrected chi connectivity index (χ3v) is 5.56. The average Bonchev–Trinajstić information content (AvgIpc) is 2.76. The van der Waals surface area contributed by atoms with Crippen LogP contribution in [0.4, 0.5) is 0 Å². The van der Waals surface area contributed by atoms with Crippen molar-refractivity contribution >= 4 is 11.8 Å². The van der Waals surface area contributed by atoms with Crippen LogP contribution in [0, 0.1) is 18.8 Å². The number of carbonyl (C=O) groups excluding carboxylic acids is 2. The van der Waals surface area contributed by atoms with Crippen LogP contribution in [-0.4, -0.2) is 42.5 Å². The number of carbonyl (C=O) groups is 2. The van der Waals surface area contributed by atoms with E-state index in [4.69, 9.17) is 4.74 Å². The molecule has 2 unspecified atom stereocenters. The van der Waals surface area contributed by atoms with E-state index in [0.29, 0.717) is 24.6 Å². The number of piperidine rings is 1. The number of nitrogens with zero attached hydrogens (tertiary/aromatic N) is 1. The minimum atomic E-state index is -0.535. The van der Waals surface area contributed by atoms with Crippen LogP contribution in [0.1, 0.15) is 42.6 Å². The molecule has 0 aromatic heterocycles. The zero-order chi connectivity index (χ0) is 21.5. The lowest BCUT2D eigenvalue weighted by atomic mass is 9.96. The summed E-state index contributed by atoms with van der Waals surface area (Å²) < 4.78 is 5.91. The first-order valence-electron chi connectivity index (χ1n) is 10.8. The molecule has 0 radical (unpaired) electrons. The predicted octanol–water partition coefficient (Wildman–Crippen LogP) is 4.07. The van der Waals surface area contributed by atoms with Crippen LogP contribution in [0.15, 0.2) is 54.6 Å². The number of para-hydroxylation sites is 1. The Labute approximate surface area is 179 Å². The predicted molar refractivity (Wildman–Crippen MR) is 119 cm³/mol. The summed E-state index contributed by atoms with van der Waals surface area (Å²) in [6.07, 6.45) is 1.99. The Balaban J connectivity index is 1.60. The van der Waals surface area contributed by atoms with Crippen LogP contribution in [0.5, 0.6) is 5.75 Å². The molecule has 0 spiro atoms. The zero-order valence-corrected chi connectivity index (χ0v) is 18.1. The molecule has 1 saturated heterocycles. The lowest BCUT2D eigenvalue weighted by molar-refractivity contribution is -0.136. The van der Waals surface area contributed by atoms with Crippen LogP contribution in [0.2, 0.25) is 0 Å². The van der Waals surface area contributed by atoms with Crippen molar-refractivity contribution in [1.82, 2.24) is 10.2 Å². The number of aryl methyl sites for hydroxylation is 1. The largest absolute Gasteiger partial charge is 0.493 e. The highest BCUT2D eigenvalue weighted by Gasteiger charge is 2.32. The topological polar surface area (TPSA) is 58.6 Å². The Kier molecular flexibility index (Phi) is 7.50. The van der Waals surface area contributed by atoms with Gasteiger partial charge in [-0.05, 0) is 49.9 Å². The lowest BCUT2D eigenvalue weighted by Crippen LogP contribution is -2.53. The molecule has 160 valence electrons. The average molecular weight is 409 g/mol. The Morgan fingerprint density at radius 1 is 1.13 bits per heavy atom. The molecule has 1 aliphatic rings. The molecule has 0 saturated carbocycles. The van der Waals surface area contributed by atoms with Crippen molar-refractivity contribution in [2.45, 2.75) is 39.7 Å². The number of rotatable bonds is 7. The summed E-state index contributed by atoms with van der Waals surface area (Å²) >= 11 is 0. The van der Waals surface area contributed by atoms with Gasteiger partial charge in [-0.2, -0.15) is 0 Å². The van der Waals surface area contributed by atoms with Gasteiger partial charge in [-0.25, -0.2) is 0 Å². The fourth-order valence-corrected chi connectivity index (χ4v) is 3.85. The number of likely N-dealkylation sites (tertiary alicyclic amines) is 1. The standard InChI is InChI=1S/C25H32N2O3/c1-18(2)23(26-24(28)21-11-7-9-19(3)15-21)25(29)27-14-8-10-20(16-27)17-30-22-12-5-4-6-13-22/h4-7,9,11-13,15,18,20,23H,8,10,14,16-17H2,1-3H3,(H,26,28). The van der Waals surface area contributed by atoms with Crippen molar-refractivity contribution in [1.29, 1.82) is 0 Å². The van der Waals surface area contributed by atoms with Crippen molar-refractivity contribution in [3.63, 3.8) is 0 Å². The van der Waals surface area contributed by atoms with Gasteiger partial charge in [-0.1, -0.05) is 49.7 Å². The van der Waals surface area contributed by atoms with E-state index in [2.05, 4.69) is 5.32 Å². The van der Waals surface area contributed by atoms with E-state index < -0.39 is 6.04 Å². The molecule has 2 atom stereocenters. The van der Waals surface area contributed by atoms with Crippen LogP contribution < -0.4 is 10.1 Å². The first-order valence-corrected chi connectivity index (χ1v) is 10.8. The van der Waals surface area contributed by atoms with E-state index >= 15 is 0 Å². The van der Waals surface area contributed by atoms with E-state index in [0.717, 1.165) is 30.7 Å². The van der Waals surface area contributed by atoms with Crippen LogP contribution in [0.25, 0.3) is 0 Å². The quantitative estimate of drug-likeness (QED) is 0.751. The summed E-state index contributed by atoms with van der Waals surface area (Å²) in [4.78, 5) is 27.9. The van der Waals surface area contributed by atoms with E-state index in [1.807, 2.05) is 74.2 Å². The molecule has 0 bridgehead atoms. The van der Waals surface area contributed by atoms with Crippen molar-refractivity contribution in [3.8, 4) is 5.75 Å². The smallest absolute Gasteiger partial charge is 0.251 e. The normalized spacial score (nSPS) is 17.5. The van der Waals surface area contributed by atoms with Crippen molar-refractivity contribution in [3.05, 3.63) is 65.7 Å². The molecular weight excluding hydrogens is 376 g/mol. The molecule has 1 fully saturated rings. The molecule has 2 amide bonds. The molecule has 1 N–H and O–H groups in total. The number of hydrogen-bond acceptors (Lipinski definition) is 3. The van der Waals surface area contributed by atoms with Crippen LogP contribution in [-0.2, 0) is 4.79 Å². The van der Waals surface area contributed by atoms with Crippen LogP contribution in [0.3, 0.4) is 0 Å². The molecule has 0 aliphatic carbocycles. The molecule has 5 nitrogen and oxygen atoms in total. The number of ether oxygens (including phenoxy) is 1.